The minimum atomic E-state index is 0.325. The Labute approximate surface area is 240 Å². The van der Waals surface area contributed by atoms with Gasteiger partial charge in [0.2, 0.25) is 0 Å². The van der Waals surface area contributed by atoms with E-state index in [1.807, 2.05) is 25.4 Å². The SMILES string of the molecule is CO[C@@H]1CN(c2ccc(CN3CC[C@H]4CN(c5ccc(C#N)c6ncccc56)C[C@@H](C)N4CC3)nc2)C[C@H]1[AsH2]. The number of piperazine rings is 1. The number of ether oxygens (including phenoxy) is 1. The molecule has 6 rings (SSSR count). The van der Waals surface area contributed by atoms with E-state index in [-0.39, 0.29) is 0 Å². The van der Waals surface area contributed by atoms with Crippen LogP contribution in [0.15, 0.2) is 48.8 Å². The van der Waals surface area contributed by atoms with Gasteiger partial charge in [0.05, 0.1) is 11.1 Å². The van der Waals surface area contributed by atoms with Crippen molar-refractivity contribution in [3.63, 3.8) is 0 Å². The second-order valence-corrected chi connectivity index (χ2v) is 13.0. The number of hydrogen-bond donors (Lipinski definition) is 0. The van der Waals surface area contributed by atoms with E-state index >= 15 is 0 Å². The molecule has 0 radical (unpaired) electrons. The minimum absolute atomic E-state index is 0.325. The van der Waals surface area contributed by atoms with Gasteiger partial charge < -0.3 is 4.90 Å². The molecule has 0 aliphatic carbocycles. The van der Waals surface area contributed by atoms with Crippen molar-refractivity contribution in [1.82, 2.24) is 19.8 Å². The third kappa shape index (κ3) is 5.38. The van der Waals surface area contributed by atoms with Crippen molar-refractivity contribution >= 4 is 39.1 Å². The summed E-state index contributed by atoms with van der Waals surface area (Å²) in [7, 11) is 1.82. The number of anilines is 2. The van der Waals surface area contributed by atoms with E-state index in [2.05, 4.69) is 61.8 Å². The first-order valence-corrected chi connectivity index (χ1v) is 15.4. The van der Waals surface area contributed by atoms with Crippen LogP contribution in [0.3, 0.4) is 0 Å². The van der Waals surface area contributed by atoms with Crippen LogP contribution < -0.4 is 9.80 Å². The van der Waals surface area contributed by atoms with E-state index < -0.39 is 0 Å². The first-order chi connectivity index (χ1) is 19.0. The van der Waals surface area contributed by atoms with Crippen LogP contribution in [-0.4, -0.2) is 108 Å². The summed E-state index contributed by atoms with van der Waals surface area (Å²) in [5.74, 6) is 0. The van der Waals surface area contributed by atoms with Crippen LogP contribution in [0.2, 0.25) is 4.71 Å². The van der Waals surface area contributed by atoms with Crippen molar-refractivity contribution in [3.05, 3.63) is 60.0 Å². The Morgan fingerprint density at radius 2 is 1.92 bits per heavy atom. The molecule has 0 amide bonds. The molecule has 3 aromatic rings. The normalized spacial score (nSPS) is 26.4. The van der Waals surface area contributed by atoms with Crippen molar-refractivity contribution in [2.24, 2.45) is 0 Å². The van der Waals surface area contributed by atoms with Crippen LogP contribution in [0.25, 0.3) is 10.9 Å². The van der Waals surface area contributed by atoms with Crippen LogP contribution in [0, 0.1) is 11.3 Å². The Balaban J connectivity index is 1.11. The van der Waals surface area contributed by atoms with Crippen LogP contribution >= 0.6 is 0 Å². The number of pyridine rings is 2. The Bertz CT molecular complexity index is 1350. The summed E-state index contributed by atoms with van der Waals surface area (Å²) in [5.41, 5.74) is 4.98. The molecule has 5 atom stereocenters. The zero-order valence-corrected chi connectivity index (χ0v) is 25.3. The van der Waals surface area contributed by atoms with E-state index in [1.165, 1.54) is 11.4 Å². The fourth-order valence-corrected chi connectivity index (χ4v) is 7.76. The van der Waals surface area contributed by atoms with Gasteiger partial charge in [-0.15, -0.1) is 0 Å². The van der Waals surface area contributed by atoms with Crippen molar-refractivity contribution in [3.8, 4) is 6.07 Å². The molecule has 0 saturated carbocycles. The number of aromatic nitrogens is 2. The molecule has 39 heavy (non-hydrogen) atoms. The molecule has 8 nitrogen and oxygen atoms in total. The van der Waals surface area contributed by atoms with Crippen molar-refractivity contribution in [1.29, 1.82) is 5.26 Å². The molecule has 1 unspecified atom stereocenters. The fraction of sp³-hybridized carbons (Fsp3) is 0.500. The maximum atomic E-state index is 9.56. The number of benzene rings is 1. The molecular weight excluding hydrogens is 549 g/mol. The summed E-state index contributed by atoms with van der Waals surface area (Å²) >= 11 is 1.76. The summed E-state index contributed by atoms with van der Waals surface area (Å²) in [6, 6.07) is 15.8. The van der Waals surface area contributed by atoms with Crippen molar-refractivity contribution in [2.45, 2.75) is 42.8 Å². The van der Waals surface area contributed by atoms with Gasteiger partial charge in [-0.3, -0.25) is 4.98 Å². The van der Waals surface area contributed by atoms with Gasteiger partial charge in [0.15, 0.2) is 0 Å². The first-order valence-electron chi connectivity index (χ1n) is 14.0. The standard InChI is InChI=1S/C30H38AsN7O/c1-21-16-37(28-8-5-22(14-32)30-26(28)4-3-10-33-30)18-25-9-11-35(12-13-38(21)25)17-23-6-7-24(15-34-23)36-19-27(31)29(20-36)39-2/h3-8,10,15,21,25,27,29H,9,11-13,16-20,31H2,1-2H3/t21-,25+,27-,29-/m1/s1. The summed E-state index contributed by atoms with van der Waals surface area (Å²) in [6.45, 7) is 10.4. The second-order valence-electron chi connectivity index (χ2n) is 11.2. The van der Waals surface area contributed by atoms with E-state index in [4.69, 9.17) is 9.72 Å². The van der Waals surface area contributed by atoms with E-state index in [1.54, 1.807) is 23.0 Å². The average molecular weight is 588 g/mol. The predicted octanol–water partition coefficient (Wildman–Crippen LogP) is 2.54. The van der Waals surface area contributed by atoms with Gasteiger partial charge in [-0.1, -0.05) is 0 Å². The van der Waals surface area contributed by atoms with E-state index in [0.717, 1.165) is 75.4 Å². The van der Waals surface area contributed by atoms with Crippen LogP contribution in [0.1, 0.15) is 24.6 Å². The number of rotatable bonds is 5. The summed E-state index contributed by atoms with van der Waals surface area (Å²) in [6.07, 6.45) is 5.29. The number of methoxy groups -OCH3 is 1. The first kappa shape index (κ1) is 26.5. The van der Waals surface area contributed by atoms with Crippen LogP contribution in [-0.2, 0) is 11.3 Å². The van der Waals surface area contributed by atoms with Gasteiger partial charge in [-0.2, -0.15) is 5.26 Å². The van der Waals surface area contributed by atoms with Gasteiger partial charge in [0.25, 0.3) is 0 Å². The second kappa shape index (κ2) is 11.4. The maximum absolute atomic E-state index is 9.56. The number of hydrogen-bond acceptors (Lipinski definition) is 8. The molecule has 9 heteroatoms. The Morgan fingerprint density at radius 1 is 1.03 bits per heavy atom. The Kier molecular flexibility index (Phi) is 7.77. The number of fused-ring (bicyclic) bond motifs is 2. The average Bonchev–Trinajstić information content (AvgIpc) is 3.22. The predicted molar refractivity (Wildman–Crippen MR) is 158 cm³/mol. The molecule has 5 heterocycles. The van der Waals surface area contributed by atoms with Crippen molar-refractivity contribution < 1.29 is 4.74 Å². The molecule has 0 N–H and O–H groups in total. The van der Waals surface area contributed by atoms with Gasteiger partial charge in [-0.25, -0.2) is 0 Å². The molecule has 2 aromatic heterocycles. The molecule has 0 bridgehead atoms. The van der Waals surface area contributed by atoms with Gasteiger partial charge in [0.1, 0.15) is 6.07 Å². The zero-order valence-electron chi connectivity index (χ0n) is 22.9. The Morgan fingerprint density at radius 3 is 2.69 bits per heavy atom. The number of nitrogens with zero attached hydrogens (tertiary/aromatic N) is 7. The van der Waals surface area contributed by atoms with Crippen LogP contribution in [0.5, 0.6) is 0 Å². The molecule has 3 fully saturated rings. The van der Waals surface area contributed by atoms with Gasteiger partial charge in [-0.05, 0) is 31.2 Å². The monoisotopic (exact) mass is 587 g/mol. The summed E-state index contributed by atoms with van der Waals surface area (Å²) < 4.78 is 6.24. The Hall–Kier alpha value is -2.69. The number of nitriles is 1. The van der Waals surface area contributed by atoms with Gasteiger partial charge in [0, 0.05) is 36.4 Å². The zero-order chi connectivity index (χ0) is 26.9. The van der Waals surface area contributed by atoms with Crippen molar-refractivity contribution in [2.75, 3.05) is 62.7 Å². The quantitative estimate of drug-likeness (QED) is 0.422. The van der Waals surface area contributed by atoms with Gasteiger partial charge >= 0.3 is 141 Å². The molecular formula is C30H38AsN7O. The molecule has 1 aromatic carbocycles. The summed E-state index contributed by atoms with van der Waals surface area (Å²) in [4.78, 5) is 19.6. The van der Waals surface area contributed by atoms with Crippen LogP contribution in [0.4, 0.5) is 11.4 Å². The molecule has 3 saturated heterocycles. The van der Waals surface area contributed by atoms with E-state index in [9.17, 15) is 5.26 Å². The molecule has 0 spiro atoms. The third-order valence-electron chi connectivity index (χ3n) is 8.78. The third-order valence-corrected chi connectivity index (χ3v) is 10.1. The molecule has 3 aliphatic heterocycles. The molecule has 3 aliphatic rings. The topological polar surface area (TPSA) is 71.8 Å². The fourth-order valence-electron chi connectivity index (χ4n) is 6.64. The molecule has 204 valence electrons. The van der Waals surface area contributed by atoms with E-state index in [0.29, 0.717) is 28.5 Å². The summed E-state index contributed by atoms with van der Waals surface area (Å²) in [5, 5.41) is 10.6.